The van der Waals surface area contributed by atoms with Crippen LogP contribution in [-0.4, -0.2) is 0 Å². The van der Waals surface area contributed by atoms with Crippen molar-refractivity contribution in [1.29, 1.82) is 0 Å². The maximum Gasteiger partial charge on any atom is -0.0171 e. The zero-order valence-corrected chi connectivity index (χ0v) is 14.0. The summed E-state index contributed by atoms with van der Waals surface area (Å²) in [5.41, 5.74) is 2.86. The van der Waals surface area contributed by atoms with E-state index in [1.54, 1.807) is 5.57 Å². The summed E-state index contributed by atoms with van der Waals surface area (Å²) in [6.07, 6.45) is 18.6. The van der Waals surface area contributed by atoms with Gasteiger partial charge in [-0.2, -0.15) is 0 Å². The van der Waals surface area contributed by atoms with Crippen molar-refractivity contribution in [2.24, 2.45) is 5.92 Å². The number of allylic oxidation sites excluding steroid dienone is 6. The Balaban J connectivity index is 4.07. The first kappa shape index (κ1) is 19.0. The van der Waals surface area contributed by atoms with Crippen LogP contribution in [0, 0.1) is 5.92 Å². The molecule has 0 heterocycles. The highest BCUT2D eigenvalue weighted by atomic mass is 14.1. The molecule has 1 unspecified atom stereocenters. The molecule has 0 amide bonds. The van der Waals surface area contributed by atoms with Gasteiger partial charge in [0.05, 0.1) is 0 Å². The van der Waals surface area contributed by atoms with Gasteiger partial charge in [-0.05, 0) is 51.9 Å². The Labute approximate surface area is 127 Å². The van der Waals surface area contributed by atoms with Crippen molar-refractivity contribution in [2.75, 3.05) is 0 Å². The lowest BCUT2D eigenvalue weighted by atomic mass is 9.91. The first-order valence-electron chi connectivity index (χ1n) is 8.20. The molecule has 0 heteroatoms. The largest absolute Gasteiger partial charge is 0.0998 e. The van der Waals surface area contributed by atoms with Crippen molar-refractivity contribution in [2.45, 2.75) is 72.1 Å². The Morgan fingerprint density at radius 3 is 2.50 bits per heavy atom. The lowest BCUT2D eigenvalue weighted by Crippen LogP contribution is -2.00. The summed E-state index contributed by atoms with van der Waals surface area (Å²) in [6, 6.07) is 0. The third kappa shape index (κ3) is 10.8. The molecule has 0 N–H and O–H groups in total. The molecular formula is C20H34. The molecule has 0 bridgehead atoms. The van der Waals surface area contributed by atoms with Gasteiger partial charge in [0.15, 0.2) is 0 Å². The predicted molar refractivity (Wildman–Crippen MR) is 94.0 cm³/mol. The minimum absolute atomic E-state index is 0.620. The normalized spacial score (nSPS) is 13.7. The third-order valence-corrected chi connectivity index (χ3v) is 3.83. The van der Waals surface area contributed by atoms with E-state index in [-0.39, 0.29) is 0 Å². The quantitative estimate of drug-likeness (QED) is 0.204. The Morgan fingerprint density at radius 2 is 1.90 bits per heavy atom. The standard InChI is InChI=1S/C20H34/c1-6-8-10-12-14-19(5)16-17-20(18(3)4)15-13-11-9-7-2/h7,9,11,16,20H,2-3,6,8,10,12-15,17H2,1,4-5H3. The fourth-order valence-electron chi connectivity index (χ4n) is 2.33. The smallest absolute Gasteiger partial charge is 0.0171 e. The van der Waals surface area contributed by atoms with Gasteiger partial charge in [0.1, 0.15) is 0 Å². The highest BCUT2D eigenvalue weighted by Crippen LogP contribution is 2.22. The summed E-state index contributed by atoms with van der Waals surface area (Å²) in [6.45, 7) is 14.5. The summed E-state index contributed by atoms with van der Waals surface area (Å²) in [5.74, 6) is 0.620. The van der Waals surface area contributed by atoms with E-state index >= 15 is 0 Å². The molecule has 0 saturated carbocycles. The minimum Gasteiger partial charge on any atom is -0.0998 e. The average molecular weight is 274 g/mol. The van der Waals surface area contributed by atoms with Crippen molar-refractivity contribution in [3.05, 3.63) is 48.6 Å². The van der Waals surface area contributed by atoms with E-state index in [0.29, 0.717) is 5.92 Å². The van der Waals surface area contributed by atoms with Gasteiger partial charge in [0.25, 0.3) is 0 Å². The molecule has 0 spiro atoms. The van der Waals surface area contributed by atoms with Crippen LogP contribution in [0.2, 0.25) is 0 Å². The summed E-state index contributed by atoms with van der Waals surface area (Å²) < 4.78 is 0. The second kappa shape index (κ2) is 13.0. The van der Waals surface area contributed by atoms with E-state index in [4.69, 9.17) is 0 Å². The van der Waals surface area contributed by atoms with Gasteiger partial charge in [-0.15, -0.1) is 0 Å². The molecule has 20 heavy (non-hydrogen) atoms. The van der Waals surface area contributed by atoms with Crippen LogP contribution >= 0.6 is 0 Å². The molecule has 0 aliphatic carbocycles. The number of hydrogen-bond acceptors (Lipinski definition) is 0. The Morgan fingerprint density at radius 1 is 1.15 bits per heavy atom. The van der Waals surface area contributed by atoms with E-state index in [1.807, 2.05) is 12.2 Å². The molecule has 0 fully saturated rings. The highest BCUT2D eigenvalue weighted by molar-refractivity contribution is 5.05. The van der Waals surface area contributed by atoms with Gasteiger partial charge < -0.3 is 0 Å². The van der Waals surface area contributed by atoms with Crippen LogP contribution < -0.4 is 0 Å². The lowest BCUT2D eigenvalue weighted by Gasteiger charge is -2.14. The number of rotatable bonds is 12. The third-order valence-electron chi connectivity index (χ3n) is 3.83. The topological polar surface area (TPSA) is 0 Å². The van der Waals surface area contributed by atoms with E-state index < -0.39 is 0 Å². The van der Waals surface area contributed by atoms with Crippen LogP contribution in [0.3, 0.4) is 0 Å². The molecule has 0 rings (SSSR count). The average Bonchev–Trinajstić information content (AvgIpc) is 2.42. The van der Waals surface area contributed by atoms with E-state index in [2.05, 4.69) is 46.1 Å². The molecule has 0 aromatic heterocycles. The number of hydrogen-bond donors (Lipinski definition) is 0. The summed E-state index contributed by atoms with van der Waals surface area (Å²) in [7, 11) is 0. The first-order valence-corrected chi connectivity index (χ1v) is 8.20. The molecular weight excluding hydrogens is 240 g/mol. The zero-order chi connectivity index (χ0) is 15.2. The van der Waals surface area contributed by atoms with Crippen molar-refractivity contribution >= 4 is 0 Å². The second-order valence-corrected chi connectivity index (χ2v) is 5.88. The van der Waals surface area contributed by atoms with E-state index in [0.717, 1.165) is 12.8 Å². The molecule has 0 aliphatic heterocycles. The molecule has 114 valence electrons. The second-order valence-electron chi connectivity index (χ2n) is 5.88. The highest BCUT2D eigenvalue weighted by Gasteiger charge is 2.07. The summed E-state index contributed by atoms with van der Waals surface area (Å²) >= 11 is 0. The van der Waals surface area contributed by atoms with Crippen molar-refractivity contribution in [1.82, 2.24) is 0 Å². The summed E-state index contributed by atoms with van der Waals surface area (Å²) in [4.78, 5) is 0. The Kier molecular flexibility index (Phi) is 12.3. The fraction of sp³-hybridized carbons (Fsp3) is 0.600. The van der Waals surface area contributed by atoms with Crippen molar-refractivity contribution in [3.8, 4) is 0 Å². The van der Waals surface area contributed by atoms with Gasteiger partial charge >= 0.3 is 0 Å². The maximum absolute atomic E-state index is 4.15. The van der Waals surface area contributed by atoms with Gasteiger partial charge in [-0.1, -0.05) is 74.8 Å². The SMILES string of the molecule is C=CC=CCCC(CC=C(C)CCCCCC)C(=C)C. The van der Waals surface area contributed by atoms with Crippen LogP contribution in [-0.2, 0) is 0 Å². The molecule has 0 saturated heterocycles. The van der Waals surface area contributed by atoms with Crippen LogP contribution in [0.4, 0.5) is 0 Å². The van der Waals surface area contributed by atoms with Crippen LogP contribution in [0.15, 0.2) is 48.6 Å². The molecule has 0 aliphatic rings. The van der Waals surface area contributed by atoms with Gasteiger partial charge in [-0.3, -0.25) is 0 Å². The molecule has 0 aromatic carbocycles. The van der Waals surface area contributed by atoms with Crippen LogP contribution in [0.1, 0.15) is 72.1 Å². The van der Waals surface area contributed by atoms with Gasteiger partial charge in [0, 0.05) is 0 Å². The fourth-order valence-corrected chi connectivity index (χ4v) is 2.33. The molecule has 1 atom stereocenters. The first-order chi connectivity index (χ1) is 9.61. The van der Waals surface area contributed by atoms with Crippen LogP contribution in [0.5, 0.6) is 0 Å². The molecule has 0 radical (unpaired) electrons. The van der Waals surface area contributed by atoms with Crippen molar-refractivity contribution < 1.29 is 0 Å². The van der Waals surface area contributed by atoms with E-state index in [9.17, 15) is 0 Å². The minimum atomic E-state index is 0.620. The van der Waals surface area contributed by atoms with E-state index in [1.165, 1.54) is 44.1 Å². The number of unbranched alkanes of at least 4 members (excludes halogenated alkanes) is 3. The molecule has 0 aromatic rings. The van der Waals surface area contributed by atoms with Gasteiger partial charge in [0.2, 0.25) is 0 Å². The maximum atomic E-state index is 4.15. The Hall–Kier alpha value is -1.04. The lowest BCUT2D eigenvalue weighted by molar-refractivity contribution is 0.571. The summed E-state index contributed by atoms with van der Waals surface area (Å²) in [5, 5.41) is 0. The monoisotopic (exact) mass is 274 g/mol. The predicted octanol–water partition coefficient (Wildman–Crippen LogP) is 7.01. The van der Waals surface area contributed by atoms with Crippen LogP contribution in [0.25, 0.3) is 0 Å². The Bertz CT molecular complexity index is 317. The van der Waals surface area contributed by atoms with Gasteiger partial charge in [-0.25, -0.2) is 0 Å². The molecule has 0 nitrogen and oxygen atoms in total. The zero-order valence-electron chi connectivity index (χ0n) is 14.0. The van der Waals surface area contributed by atoms with Crippen molar-refractivity contribution in [3.63, 3.8) is 0 Å².